The Kier molecular flexibility index (Phi) is 4.89. The fourth-order valence-corrected chi connectivity index (χ4v) is 1.50. The van der Waals surface area contributed by atoms with Gasteiger partial charge in [0.1, 0.15) is 0 Å². The average molecular weight is 234 g/mol. The number of rotatable bonds is 6. The molecule has 0 rings (SSSR count). The topological polar surface area (TPSA) is 104 Å². The molecule has 0 radical (unpaired) electrons. The zero-order valence-electron chi connectivity index (χ0n) is 9.80. The third-order valence-electron chi connectivity index (χ3n) is 2.26. The second kappa shape index (κ2) is 5.27. The molecule has 0 aliphatic rings. The molecule has 1 unspecified atom stereocenters. The number of carboxylic acids is 2. The normalized spacial score (nSPS) is 17.2. The van der Waals surface area contributed by atoms with Gasteiger partial charge in [-0.3, -0.25) is 0 Å². The first-order valence-corrected chi connectivity index (χ1v) is 4.98. The molecule has 0 spiro atoms. The molecule has 3 N–H and O–H groups in total. The number of hydrogen-bond donors (Lipinski definition) is 3. The van der Waals surface area contributed by atoms with Crippen LogP contribution in [0, 0.1) is 5.92 Å². The van der Waals surface area contributed by atoms with E-state index in [9.17, 15) is 14.7 Å². The number of hydrogen-bond acceptors (Lipinski definition) is 4. The van der Waals surface area contributed by atoms with Crippen LogP contribution < -0.4 is 0 Å². The molecule has 0 bridgehead atoms. The summed E-state index contributed by atoms with van der Waals surface area (Å²) in [5, 5.41) is 27.4. The van der Waals surface area contributed by atoms with Crippen molar-refractivity contribution in [3.8, 4) is 0 Å². The summed E-state index contributed by atoms with van der Waals surface area (Å²) in [5.41, 5.74) is -2.12. The number of carboxylic acid groups (broad SMARTS) is 2. The third kappa shape index (κ3) is 2.70. The van der Waals surface area contributed by atoms with Crippen LogP contribution in [0.4, 0.5) is 0 Å². The molecule has 0 saturated heterocycles. The van der Waals surface area contributed by atoms with Gasteiger partial charge in [-0.15, -0.1) is 0 Å². The van der Waals surface area contributed by atoms with Crippen molar-refractivity contribution in [3.63, 3.8) is 0 Å². The van der Waals surface area contributed by atoms with Crippen LogP contribution in [0.5, 0.6) is 0 Å². The molecule has 0 fully saturated rings. The van der Waals surface area contributed by atoms with Crippen molar-refractivity contribution >= 4 is 11.9 Å². The van der Waals surface area contributed by atoms with Crippen LogP contribution >= 0.6 is 0 Å². The third-order valence-corrected chi connectivity index (χ3v) is 2.26. The van der Waals surface area contributed by atoms with Gasteiger partial charge < -0.3 is 20.1 Å². The highest BCUT2D eigenvalue weighted by Crippen LogP contribution is 2.28. The van der Waals surface area contributed by atoms with Crippen molar-refractivity contribution in [1.82, 2.24) is 0 Å². The van der Waals surface area contributed by atoms with Crippen molar-refractivity contribution in [2.75, 3.05) is 0 Å². The molecule has 0 aliphatic carbocycles. The molecule has 94 valence electrons. The van der Waals surface area contributed by atoms with Crippen molar-refractivity contribution in [2.45, 2.75) is 45.5 Å². The lowest BCUT2D eigenvalue weighted by Gasteiger charge is -2.36. The first kappa shape index (κ1) is 14.9. The second-order valence-corrected chi connectivity index (χ2v) is 4.16. The van der Waals surface area contributed by atoms with Crippen LogP contribution in [-0.2, 0) is 14.3 Å². The van der Waals surface area contributed by atoms with E-state index in [1.807, 2.05) is 0 Å². The molecule has 6 nitrogen and oxygen atoms in total. The van der Waals surface area contributed by atoms with Crippen molar-refractivity contribution in [2.24, 2.45) is 5.92 Å². The lowest BCUT2D eigenvalue weighted by molar-refractivity contribution is -0.210. The average Bonchev–Trinajstić information content (AvgIpc) is 2.11. The predicted molar refractivity (Wildman–Crippen MR) is 55.1 cm³/mol. The molecule has 0 aromatic heterocycles. The lowest BCUT2D eigenvalue weighted by Crippen LogP contribution is -2.59. The maximum atomic E-state index is 11.2. The van der Waals surface area contributed by atoms with Gasteiger partial charge in [0.25, 0.3) is 0 Å². The van der Waals surface area contributed by atoms with Gasteiger partial charge in [0.2, 0.25) is 5.60 Å². The number of ether oxygens (including phenoxy) is 1. The van der Waals surface area contributed by atoms with Gasteiger partial charge in [-0.2, -0.15) is 0 Å². The Hall–Kier alpha value is -1.14. The Labute approximate surface area is 93.8 Å². The lowest BCUT2D eigenvalue weighted by atomic mass is 9.84. The summed E-state index contributed by atoms with van der Waals surface area (Å²) in [5.74, 6) is -3.78. The number of aliphatic carboxylic acids is 2. The first-order chi connectivity index (χ1) is 7.16. The molecule has 0 amide bonds. The van der Waals surface area contributed by atoms with Crippen LogP contribution in [0.15, 0.2) is 0 Å². The smallest absolute Gasteiger partial charge is 0.339 e. The summed E-state index contributed by atoms with van der Waals surface area (Å²) >= 11 is 0. The van der Waals surface area contributed by atoms with E-state index >= 15 is 0 Å². The number of aliphatic hydroxyl groups is 1. The van der Waals surface area contributed by atoms with Crippen LogP contribution in [0.2, 0.25) is 0 Å². The summed E-state index contributed by atoms with van der Waals surface area (Å²) in [6.07, 6.45) is -2.61. The van der Waals surface area contributed by atoms with Gasteiger partial charge >= 0.3 is 11.9 Å². The van der Waals surface area contributed by atoms with Crippen LogP contribution in [0.25, 0.3) is 0 Å². The Morgan fingerprint density at radius 2 is 1.56 bits per heavy atom. The largest absolute Gasteiger partial charge is 0.479 e. The SMILES string of the molecule is CC(C)O[C@](C(=O)O)(C(C)C)C(O)C(=O)O. The van der Waals surface area contributed by atoms with Gasteiger partial charge in [0.05, 0.1) is 6.10 Å². The highest BCUT2D eigenvalue weighted by Gasteiger charge is 2.53. The minimum atomic E-state index is -2.12. The molecule has 6 heteroatoms. The van der Waals surface area contributed by atoms with E-state index < -0.39 is 35.7 Å². The quantitative estimate of drug-likeness (QED) is 0.612. The summed E-state index contributed by atoms with van der Waals surface area (Å²) < 4.78 is 5.15. The fourth-order valence-electron chi connectivity index (χ4n) is 1.50. The Bertz CT molecular complexity index is 272. The molecular formula is C10H18O6. The second-order valence-electron chi connectivity index (χ2n) is 4.16. The molecule has 0 heterocycles. The Balaban J connectivity index is 5.43. The van der Waals surface area contributed by atoms with Crippen LogP contribution in [0.3, 0.4) is 0 Å². The number of carbonyl (C=O) groups is 2. The molecular weight excluding hydrogens is 216 g/mol. The summed E-state index contributed by atoms with van der Waals surface area (Å²) in [6.45, 7) is 6.13. The van der Waals surface area contributed by atoms with E-state index in [2.05, 4.69) is 0 Å². The highest BCUT2D eigenvalue weighted by molar-refractivity contribution is 5.87. The molecule has 0 saturated carbocycles. The number of aliphatic hydroxyl groups excluding tert-OH is 1. The maximum Gasteiger partial charge on any atom is 0.339 e. The van der Waals surface area contributed by atoms with Crippen molar-refractivity contribution in [3.05, 3.63) is 0 Å². The van der Waals surface area contributed by atoms with E-state index in [1.54, 1.807) is 13.8 Å². The van der Waals surface area contributed by atoms with E-state index in [1.165, 1.54) is 13.8 Å². The van der Waals surface area contributed by atoms with Crippen LogP contribution in [-0.4, -0.2) is 45.1 Å². The van der Waals surface area contributed by atoms with Gasteiger partial charge in [-0.05, 0) is 19.8 Å². The van der Waals surface area contributed by atoms with E-state index in [4.69, 9.17) is 14.9 Å². The van der Waals surface area contributed by atoms with Crippen molar-refractivity contribution < 1.29 is 29.6 Å². The van der Waals surface area contributed by atoms with Crippen molar-refractivity contribution in [1.29, 1.82) is 0 Å². The monoisotopic (exact) mass is 234 g/mol. The zero-order valence-corrected chi connectivity index (χ0v) is 9.80. The van der Waals surface area contributed by atoms with Gasteiger partial charge in [0, 0.05) is 0 Å². The highest BCUT2D eigenvalue weighted by atomic mass is 16.6. The predicted octanol–water partition coefficient (Wildman–Crippen LogP) is 0.336. The molecule has 16 heavy (non-hydrogen) atoms. The fraction of sp³-hybridized carbons (Fsp3) is 0.800. The molecule has 0 aromatic rings. The van der Waals surface area contributed by atoms with Gasteiger partial charge in [-0.25, -0.2) is 9.59 Å². The maximum absolute atomic E-state index is 11.2. The Morgan fingerprint density at radius 1 is 1.12 bits per heavy atom. The van der Waals surface area contributed by atoms with Gasteiger partial charge in [0.15, 0.2) is 6.10 Å². The minimum absolute atomic E-state index is 0.507. The molecule has 2 atom stereocenters. The minimum Gasteiger partial charge on any atom is -0.479 e. The van der Waals surface area contributed by atoms with Crippen LogP contribution in [0.1, 0.15) is 27.7 Å². The van der Waals surface area contributed by atoms with E-state index in [0.717, 1.165) is 0 Å². The summed E-state index contributed by atoms with van der Waals surface area (Å²) in [7, 11) is 0. The zero-order chi connectivity index (χ0) is 13.1. The van der Waals surface area contributed by atoms with E-state index in [-0.39, 0.29) is 0 Å². The standard InChI is InChI=1S/C10H18O6/c1-5(2)10(9(14)15,16-6(3)4)7(11)8(12)13/h5-7,11H,1-4H3,(H,12,13)(H,14,15)/t7?,10-/m1/s1. The molecule has 0 aromatic carbocycles. The Morgan fingerprint density at radius 3 is 1.75 bits per heavy atom. The van der Waals surface area contributed by atoms with Gasteiger partial charge in [-0.1, -0.05) is 13.8 Å². The first-order valence-electron chi connectivity index (χ1n) is 4.98. The molecule has 0 aliphatic heterocycles. The summed E-state index contributed by atoms with van der Waals surface area (Å²) in [4.78, 5) is 21.9. The van der Waals surface area contributed by atoms with E-state index in [0.29, 0.717) is 0 Å². The summed E-state index contributed by atoms with van der Waals surface area (Å²) in [6, 6.07) is 0.